The molecule has 0 aliphatic heterocycles. The van der Waals surface area contributed by atoms with Crippen LogP contribution in [0.2, 0.25) is 0 Å². The molecule has 1 aliphatic carbocycles. The number of carbonyl (C=O) groups excluding carboxylic acids is 1. The lowest BCUT2D eigenvalue weighted by Crippen LogP contribution is -1.91. The number of hydrogen-bond acceptors (Lipinski definition) is 1. The zero-order valence-corrected chi connectivity index (χ0v) is 8.33. The molecule has 0 saturated heterocycles. The third-order valence-corrected chi connectivity index (χ3v) is 2.32. The Morgan fingerprint density at radius 2 is 2.38 bits per heavy atom. The highest BCUT2D eigenvalue weighted by Crippen LogP contribution is 2.15. The maximum absolute atomic E-state index is 10.9. The lowest BCUT2D eigenvalue weighted by atomic mass is 10.1. The summed E-state index contributed by atoms with van der Waals surface area (Å²) in [6, 6.07) is 0. The highest BCUT2D eigenvalue weighted by atomic mass is 16.1. The maximum Gasteiger partial charge on any atom is 0.156 e. The summed E-state index contributed by atoms with van der Waals surface area (Å²) >= 11 is 0. The van der Waals surface area contributed by atoms with Crippen LogP contribution in [0.5, 0.6) is 0 Å². The van der Waals surface area contributed by atoms with E-state index in [1.165, 1.54) is 19.3 Å². The van der Waals surface area contributed by atoms with E-state index >= 15 is 0 Å². The summed E-state index contributed by atoms with van der Waals surface area (Å²) in [6.07, 6.45) is 13.8. The molecule has 1 nitrogen and oxygen atoms in total. The summed E-state index contributed by atoms with van der Waals surface area (Å²) < 4.78 is 0. The number of hydrogen-bond donors (Lipinski definition) is 0. The molecular formula is C12H18O. The van der Waals surface area contributed by atoms with Gasteiger partial charge in [-0.3, -0.25) is 4.79 Å². The van der Waals surface area contributed by atoms with Crippen LogP contribution >= 0.6 is 0 Å². The van der Waals surface area contributed by atoms with Crippen molar-refractivity contribution in [1.29, 1.82) is 0 Å². The number of allylic oxidation sites excluding steroid dienone is 4. The molecule has 72 valence electrons. The fourth-order valence-electron chi connectivity index (χ4n) is 1.51. The van der Waals surface area contributed by atoms with E-state index in [4.69, 9.17) is 0 Å². The van der Waals surface area contributed by atoms with Crippen LogP contribution in [0.1, 0.15) is 39.0 Å². The van der Waals surface area contributed by atoms with Crippen LogP contribution in [-0.4, -0.2) is 5.78 Å². The van der Waals surface area contributed by atoms with E-state index in [1.54, 1.807) is 6.08 Å². The Balaban J connectivity index is 2.11. The van der Waals surface area contributed by atoms with E-state index < -0.39 is 0 Å². The van der Waals surface area contributed by atoms with Crippen molar-refractivity contribution in [1.82, 2.24) is 0 Å². The van der Waals surface area contributed by atoms with Crippen molar-refractivity contribution in [3.05, 3.63) is 24.3 Å². The highest BCUT2D eigenvalue weighted by Gasteiger charge is 2.11. The molecule has 0 heterocycles. The SMILES string of the molecule is CCCCC/C=C/[C@H]1C=CC(=O)C1. The normalized spacial score (nSPS) is 21.9. The predicted octanol–water partition coefficient (Wildman–Crippen LogP) is 3.27. The smallest absolute Gasteiger partial charge is 0.156 e. The molecule has 0 fully saturated rings. The topological polar surface area (TPSA) is 17.1 Å². The first kappa shape index (κ1) is 10.2. The minimum Gasteiger partial charge on any atom is -0.295 e. The molecule has 0 aromatic carbocycles. The summed E-state index contributed by atoms with van der Waals surface area (Å²) in [5.41, 5.74) is 0. The van der Waals surface area contributed by atoms with Crippen molar-refractivity contribution < 1.29 is 4.79 Å². The second-order valence-corrected chi connectivity index (χ2v) is 3.62. The number of unbranched alkanes of at least 4 members (excludes halogenated alkanes) is 3. The summed E-state index contributed by atoms with van der Waals surface area (Å²) in [5.74, 6) is 0.650. The van der Waals surface area contributed by atoms with Gasteiger partial charge in [-0.1, -0.05) is 38.0 Å². The second-order valence-electron chi connectivity index (χ2n) is 3.62. The fourth-order valence-corrected chi connectivity index (χ4v) is 1.51. The molecule has 0 radical (unpaired) electrons. The minimum atomic E-state index is 0.267. The maximum atomic E-state index is 10.9. The van der Waals surface area contributed by atoms with Crippen LogP contribution in [0.15, 0.2) is 24.3 Å². The average molecular weight is 178 g/mol. The molecule has 0 unspecified atom stereocenters. The first-order valence-corrected chi connectivity index (χ1v) is 5.20. The zero-order valence-electron chi connectivity index (χ0n) is 8.33. The van der Waals surface area contributed by atoms with Gasteiger partial charge in [-0.05, 0) is 18.9 Å². The highest BCUT2D eigenvalue weighted by molar-refractivity contribution is 5.92. The molecule has 0 bridgehead atoms. The lowest BCUT2D eigenvalue weighted by Gasteiger charge is -1.97. The fraction of sp³-hybridized carbons (Fsp3) is 0.583. The molecule has 0 aromatic rings. The molecular weight excluding hydrogens is 160 g/mol. The Bertz CT molecular complexity index is 213. The molecule has 0 spiro atoms. The molecule has 1 atom stereocenters. The van der Waals surface area contributed by atoms with Crippen molar-refractivity contribution in [2.45, 2.75) is 39.0 Å². The molecule has 0 saturated carbocycles. The van der Waals surface area contributed by atoms with E-state index in [0.29, 0.717) is 12.3 Å². The van der Waals surface area contributed by atoms with Crippen LogP contribution in [0.25, 0.3) is 0 Å². The average Bonchev–Trinajstić information content (AvgIpc) is 2.51. The zero-order chi connectivity index (χ0) is 9.52. The van der Waals surface area contributed by atoms with Crippen molar-refractivity contribution in [2.75, 3.05) is 0 Å². The predicted molar refractivity (Wildman–Crippen MR) is 55.5 cm³/mol. The van der Waals surface area contributed by atoms with Gasteiger partial charge in [0, 0.05) is 12.3 Å². The molecule has 1 aliphatic rings. The monoisotopic (exact) mass is 178 g/mol. The lowest BCUT2D eigenvalue weighted by molar-refractivity contribution is -0.114. The Kier molecular flexibility index (Phi) is 4.52. The Morgan fingerprint density at radius 1 is 1.54 bits per heavy atom. The van der Waals surface area contributed by atoms with E-state index in [9.17, 15) is 4.79 Å². The molecule has 1 rings (SSSR count). The van der Waals surface area contributed by atoms with Gasteiger partial charge in [0.05, 0.1) is 0 Å². The second kappa shape index (κ2) is 5.74. The van der Waals surface area contributed by atoms with Crippen LogP contribution in [-0.2, 0) is 4.79 Å². The summed E-state index contributed by atoms with van der Waals surface area (Å²) in [5, 5.41) is 0. The van der Waals surface area contributed by atoms with E-state index in [0.717, 1.165) is 6.42 Å². The van der Waals surface area contributed by atoms with Gasteiger partial charge in [0.2, 0.25) is 0 Å². The third-order valence-electron chi connectivity index (χ3n) is 2.32. The van der Waals surface area contributed by atoms with Gasteiger partial charge in [-0.25, -0.2) is 0 Å². The van der Waals surface area contributed by atoms with E-state index in [-0.39, 0.29) is 5.78 Å². The Hall–Kier alpha value is -0.850. The summed E-state index contributed by atoms with van der Waals surface area (Å²) in [6.45, 7) is 2.21. The van der Waals surface area contributed by atoms with E-state index in [1.807, 2.05) is 6.08 Å². The van der Waals surface area contributed by atoms with Crippen LogP contribution in [0, 0.1) is 5.92 Å². The van der Waals surface area contributed by atoms with Crippen molar-refractivity contribution in [3.63, 3.8) is 0 Å². The largest absolute Gasteiger partial charge is 0.295 e. The Labute approximate surface area is 80.5 Å². The first-order valence-electron chi connectivity index (χ1n) is 5.20. The minimum absolute atomic E-state index is 0.267. The molecule has 0 N–H and O–H groups in total. The molecule has 0 aromatic heterocycles. The van der Waals surface area contributed by atoms with Gasteiger partial charge in [-0.2, -0.15) is 0 Å². The van der Waals surface area contributed by atoms with Gasteiger partial charge < -0.3 is 0 Å². The molecule has 13 heavy (non-hydrogen) atoms. The van der Waals surface area contributed by atoms with Gasteiger partial charge >= 0.3 is 0 Å². The number of ketones is 1. The van der Waals surface area contributed by atoms with Crippen molar-refractivity contribution in [3.8, 4) is 0 Å². The standard InChI is InChI=1S/C12H18O/c1-2-3-4-5-6-7-11-8-9-12(13)10-11/h6-9,11H,2-5,10H2,1H3/b7-6+/t11-/m0/s1. The molecule has 0 amide bonds. The summed E-state index contributed by atoms with van der Waals surface area (Å²) in [4.78, 5) is 10.9. The van der Waals surface area contributed by atoms with Gasteiger partial charge in [-0.15, -0.1) is 0 Å². The van der Waals surface area contributed by atoms with Gasteiger partial charge in [0.15, 0.2) is 5.78 Å². The quantitative estimate of drug-likeness (QED) is 0.466. The summed E-state index contributed by atoms with van der Waals surface area (Å²) in [7, 11) is 0. The van der Waals surface area contributed by atoms with Crippen LogP contribution in [0.4, 0.5) is 0 Å². The van der Waals surface area contributed by atoms with Crippen LogP contribution < -0.4 is 0 Å². The third kappa shape index (κ3) is 4.07. The number of rotatable bonds is 5. The Morgan fingerprint density at radius 3 is 3.00 bits per heavy atom. The van der Waals surface area contributed by atoms with Crippen molar-refractivity contribution in [2.24, 2.45) is 5.92 Å². The van der Waals surface area contributed by atoms with Crippen LogP contribution in [0.3, 0.4) is 0 Å². The molecule has 1 heteroatoms. The number of carbonyl (C=O) groups is 1. The van der Waals surface area contributed by atoms with Crippen molar-refractivity contribution >= 4 is 5.78 Å². The van der Waals surface area contributed by atoms with Gasteiger partial charge in [0.1, 0.15) is 0 Å². The van der Waals surface area contributed by atoms with Gasteiger partial charge in [0.25, 0.3) is 0 Å². The van der Waals surface area contributed by atoms with E-state index in [2.05, 4.69) is 19.1 Å². The first-order chi connectivity index (χ1) is 6.33.